The molecular weight excluding hydrogens is 224 g/mol. The van der Waals surface area contributed by atoms with Crippen molar-refractivity contribution in [2.24, 2.45) is 5.73 Å². The summed E-state index contributed by atoms with van der Waals surface area (Å²) in [7, 11) is 3.92. The molecular formula is C15H22N2O. The van der Waals surface area contributed by atoms with Crippen LogP contribution in [0.1, 0.15) is 24.5 Å². The third-order valence-electron chi connectivity index (χ3n) is 5.06. The molecule has 3 unspecified atom stereocenters. The lowest BCUT2D eigenvalue weighted by Crippen LogP contribution is -2.64. The lowest BCUT2D eigenvalue weighted by molar-refractivity contribution is 0.0861. The second kappa shape index (κ2) is 3.97. The second-order valence-electron chi connectivity index (χ2n) is 5.97. The minimum absolute atomic E-state index is 0.0965. The molecule has 1 aliphatic carbocycles. The highest BCUT2D eigenvalue weighted by Crippen LogP contribution is 2.44. The number of methoxy groups -OCH3 is 1. The standard InChI is InChI=1S/C15H22N2O/c1-15-6-7-17(2)13(14(15)16)8-10-4-5-11(18-3)9-12(10)15/h4-5,9,13-14H,6-8,16H2,1-3H3. The first-order valence-electron chi connectivity index (χ1n) is 6.69. The molecule has 0 spiro atoms. The van der Waals surface area contributed by atoms with Crippen molar-refractivity contribution < 1.29 is 4.74 Å². The topological polar surface area (TPSA) is 38.5 Å². The van der Waals surface area contributed by atoms with Gasteiger partial charge in [-0.15, -0.1) is 0 Å². The number of hydrogen-bond donors (Lipinski definition) is 1. The molecule has 1 aromatic carbocycles. The molecule has 98 valence electrons. The molecule has 0 saturated carbocycles. The monoisotopic (exact) mass is 246 g/mol. The van der Waals surface area contributed by atoms with E-state index in [1.807, 2.05) is 0 Å². The number of rotatable bonds is 1. The van der Waals surface area contributed by atoms with Crippen LogP contribution in [-0.2, 0) is 11.8 Å². The first-order valence-corrected chi connectivity index (χ1v) is 6.69. The molecule has 2 aliphatic rings. The van der Waals surface area contributed by atoms with Gasteiger partial charge >= 0.3 is 0 Å². The van der Waals surface area contributed by atoms with E-state index in [9.17, 15) is 0 Å². The summed E-state index contributed by atoms with van der Waals surface area (Å²) in [5.74, 6) is 0.944. The Morgan fingerprint density at radius 1 is 1.44 bits per heavy atom. The lowest BCUT2D eigenvalue weighted by Gasteiger charge is -2.53. The molecule has 1 aromatic rings. The van der Waals surface area contributed by atoms with Crippen molar-refractivity contribution >= 4 is 0 Å². The van der Waals surface area contributed by atoms with Crippen LogP contribution in [0.25, 0.3) is 0 Å². The molecule has 3 atom stereocenters. The van der Waals surface area contributed by atoms with Crippen LogP contribution in [0.5, 0.6) is 5.75 Å². The van der Waals surface area contributed by atoms with Gasteiger partial charge in [-0.2, -0.15) is 0 Å². The van der Waals surface area contributed by atoms with Crippen LogP contribution >= 0.6 is 0 Å². The van der Waals surface area contributed by atoms with E-state index >= 15 is 0 Å². The van der Waals surface area contributed by atoms with E-state index in [0.717, 1.165) is 25.1 Å². The lowest BCUT2D eigenvalue weighted by atomic mass is 9.62. The Kier molecular flexibility index (Phi) is 2.65. The van der Waals surface area contributed by atoms with Crippen molar-refractivity contribution in [2.75, 3.05) is 20.7 Å². The summed E-state index contributed by atoms with van der Waals surface area (Å²) < 4.78 is 5.37. The Morgan fingerprint density at radius 3 is 2.94 bits per heavy atom. The van der Waals surface area contributed by atoms with E-state index in [2.05, 4.69) is 37.1 Å². The largest absolute Gasteiger partial charge is 0.497 e. The number of ether oxygens (including phenoxy) is 1. The molecule has 3 heteroatoms. The van der Waals surface area contributed by atoms with Crippen molar-refractivity contribution in [2.45, 2.75) is 37.3 Å². The summed E-state index contributed by atoms with van der Waals surface area (Å²) >= 11 is 0. The number of benzene rings is 1. The van der Waals surface area contributed by atoms with Gasteiger partial charge in [0, 0.05) is 17.5 Å². The minimum Gasteiger partial charge on any atom is -0.497 e. The molecule has 2 N–H and O–H groups in total. The molecule has 18 heavy (non-hydrogen) atoms. The number of fused-ring (bicyclic) bond motifs is 4. The predicted molar refractivity (Wildman–Crippen MR) is 73.1 cm³/mol. The van der Waals surface area contributed by atoms with Crippen LogP contribution in [0.2, 0.25) is 0 Å². The van der Waals surface area contributed by atoms with Crippen LogP contribution in [-0.4, -0.2) is 37.7 Å². The first kappa shape index (κ1) is 12.0. The van der Waals surface area contributed by atoms with Crippen LogP contribution in [0.15, 0.2) is 18.2 Å². The van der Waals surface area contributed by atoms with Gasteiger partial charge in [-0.25, -0.2) is 0 Å². The average molecular weight is 246 g/mol. The van der Waals surface area contributed by atoms with Gasteiger partial charge in [0.05, 0.1) is 7.11 Å². The number of nitrogens with two attached hydrogens (primary N) is 1. The fourth-order valence-corrected chi connectivity index (χ4v) is 3.65. The van der Waals surface area contributed by atoms with E-state index in [1.54, 1.807) is 7.11 Å². The number of likely N-dealkylation sites (N-methyl/N-ethyl adjacent to an activating group) is 1. The number of likely N-dealkylation sites (tertiary alicyclic amines) is 1. The SMILES string of the molecule is COc1ccc2c(c1)C1(C)CCN(C)C(C2)C1N. The molecule has 1 saturated heterocycles. The van der Waals surface area contributed by atoms with E-state index in [0.29, 0.717) is 6.04 Å². The zero-order valence-electron chi connectivity index (χ0n) is 11.4. The zero-order valence-corrected chi connectivity index (χ0v) is 11.4. The summed E-state index contributed by atoms with van der Waals surface area (Å²) in [6.45, 7) is 3.45. The van der Waals surface area contributed by atoms with E-state index in [-0.39, 0.29) is 11.5 Å². The van der Waals surface area contributed by atoms with Crippen LogP contribution in [0.4, 0.5) is 0 Å². The van der Waals surface area contributed by atoms with Gasteiger partial charge in [0.2, 0.25) is 0 Å². The molecule has 0 radical (unpaired) electrons. The fraction of sp³-hybridized carbons (Fsp3) is 0.600. The van der Waals surface area contributed by atoms with Gasteiger partial charge in [0.1, 0.15) is 5.75 Å². The van der Waals surface area contributed by atoms with Gasteiger partial charge < -0.3 is 15.4 Å². The second-order valence-corrected chi connectivity index (χ2v) is 5.97. The van der Waals surface area contributed by atoms with Crippen molar-refractivity contribution in [3.63, 3.8) is 0 Å². The first-order chi connectivity index (χ1) is 8.56. The zero-order chi connectivity index (χ0) is 12.9. The van der Waals surface area contributed by atoms with Crippen molar-refractivity contribution in [3.8, 4) is 5.75 Å². The van der Waals surface area contributed by atoms with Crippen molar-refractivity contribution in [1.82, 2.24) is 4.90 Å². The summed E-state index contributed by atoms with van der Waals surface area (Å²) in [4.78, 5) is 2.42. The van der Waals surface area contributed by atoms with Gasteiger partial charge in [0.25, 0.3) is 0 Å². The van der Waals surface area contributed by atoms with E-state index in [4.69, 9.17) is 10.5 Å². The third kappa shape index (κ3) is 1.50. The maximum Gasteiger partial charge on any atom is 0.119 e. The van der Waals surface area contributed by atoms with Crippen molar-refractivity contribution in [3.05, 3.63) is 29.3 Å². The van der Waals surface area contributed by atoms with Gasteiger partial charge in [-0.05, 0) is 49.7 Å². The highest BCUT2D eigenvalue weighted by Gasteiger charge is 2.48. The quantitative estimate of drug-likeness (QED) is 0.817. The normalized spacial score (nSPS) is 35.1. The Hall–Kier alpha value is -1.06. The Labute approximate surface area is 109 Å². The number of hydrogen-bond acceptors (Lipinski definition) is 3. The highest BCUT2D eigenvalue weighted by atomic mass is 16.5. The molecule has 0 amide bonds. The smallest absolute Gasteiger partial charge is 0.119 e. The van der Waals surface area contributed by atoms with Gasteiger partial charge in [-0.3, -0.25) is 0 Å². The number of nitrogens with zero attached hydrogens (tertiary/aromatic N) is 1. The number of piperidine rings is 1. The average Bonchev–Trinajstić information content (AvgIpc) is 2.38. The summed E-state index contributed by atoms with van der Waals surface area (Å²) in [6.07, 6.45) is 2.19. The van der Waals surface area contributed by atoms with Crippen molar-refractivity contribution in [1.29, 1.82) is 0 Å². The summed E-state index contributed by atoms with van der Waals surface area (Å²) in [5.41, 5.74) is 9.47. The maximum atomic E-state index is 6.53. The summed E-state index contributed by atoms with van der Waals surface area (Å²) in [6, 6.07) is 7.16. The molecule has 1 fully saturated rings. The Morgan fingerprint density at radius 2 is 2.22 bits per heavy atom. The Bertz CT molecular complexity index is 474. The summed E-state index contributed by atoms with van der Waals surface area (Å²) in [5, 5.41) is 0. The Balaban J connectivity index is 2.13. The fourth-order valence-electron chi connectivity index (χ4n) is 3.65. The van der Waals surface area contributed by atoms with E-state index in [1.165, 1.54) is 11.1 Å². The molecule has 3 nitrogen and oxygen atoms in total. The van der Waals surface area contributed by atoms with Crippen LogP contribution in [0, 0.1) is 0 Å². The predicted octanol–water partition coefficient (Wildman–Crippen LogP) is 1.54. The molecule has 1 heterocycles. The molecule has 0 aromatic heterocycles. The minimum atomic E-state index is 0.0965. The highest BCUT2D eigenvalue weighted by molar-refractivity contribution is 5.45. The maximum absolute atomic E-state index is 6.53. The van der Waals surface area contributed by atoms with Gasteiger partial charge in [0.15, 0.2) is 0 Å². The van der Waals surface area contributed by atoms with Gasteiger partial charge in [-0.1, -0.05) is 13.0 Å². The molecule has 2 bridgehead atoms. The third-order valence-corrected chi connectivity index (χ3v) is 5.06. The van der Waals surface area contributed by atoms with Crippen LogP contribution < -0.4 is 10.5 Å². The van der Waals surface area contributed by atoms with E-state index < -0.39 is 0 Å². The molecule has 3 rings (SSSR count). The molecule has 1 aliphatic heterocycles. The van der Waals surface area contributed by atoms with Crippen LogP contribution in [0.3, 0.4) is 0 Å².